The Morgan fingerprint density at radius 1 is 1.04 bits per heavy atom. The van der Waals surface area contributed by atoms with Gasteiger partial charge in [0.2, 0.25) is 0 Å². The average Bonchev–Trinajstić information content (AvgIpc) is 2.63. The van der Waals surface area contributed by atoms with Gasteiger partial charge in [-0.1, -0.05) is 0 Å². The Hall–Kier alpha value is -1.01. The molecule has 0 amide bonds. The maximum Gasteiger partial charge on any atom is 0.335 e. The van der Waals surface area contributed by atoms with Gasteiger partial charge in [-0.25, -0.2) is 10.2 Å². The van der Waals surface area contributed by atoms with Crippen molar-refractivity contribution in [2.75, 3.05) is 13.2 Å². The zero-order valence-electron chi connectivity index (χ0n) is 14.0. The molecule has 0 spiro atoms. The molecule has 2 aliphatic rings. The van der Waals surface area contributed by atoms with E-state index in [1.54, 1.807) is 0 Å². The molecule has 2 rings (SSSR count). The van der Waals surface area contributed by atoms with Crippen LogP contribution in [-0.4, -0.2) is 110 Å². The molecule has 2 saturated heterocycles. The number of hydrogen-bond donors (Lipinski definition) is 10. The van der Waals surface area contributed by atoms with Gasteiger partial charge in [-0.05, 0) is 0 Å². The fourth-order valence-electron chi connectivity index (χ4n) is 3.07. The van der Waals surface area contributed by atoms with Gasteiger partial charge >= 0.3 is 5.97 Å². The minimum atomic E-state index is -1.87. The molecule has 10 unspecified atom stereocenters. The third-order valence-corrected chi connectivity index (χ3v) is 4.60. The third-order valence-electron chi connectivity index (χ3n) is 4.60. The van der Waals surface area contributed by atoms with Crippen molar-refractivity contribution in [1.82, 2.24) is 11.0 Å². The molecule has 2 heterocycles. The second kappa shape index (κ2) is 9.46. The fourth-order valence-corrected chi connectivity index (χ4v) is 3.07. The molecule has 0 aromatic heterocycles. The zero-order valence-corrected chi connectivity index (χ0v) is 14.0. The highest BCUT2D eigenvalue weighted by molar-refractivity contribution is 5.73. The molecule has 0 saturated carbocycles. The summed E-state index contributed by atoms with van der Waals surface area (Å²) in [5, 5.41) is 67.9. The number of hydrogen-bond acceptors (Lipinski definition) is 13. The van der Waals surface area contributed by atoms with Gasteiger partial charge in [0.25, 0.3) is 0 Å². The maximum absolute atomic E-state index is 11.1. The van der Waals surface area contributed by atoms with Crippen molar-refractivity contribution in [1.29, 1.82) is 0 Å². The molecule has 0 bridgehead atoms. The minimum Gasteiger partial charge on any atom is -0.479 e. The molecule has 2 fully saturated rings. The van der Waals surface area contributed by atoms with Gasteiger partial charge in [0.1, 0.15) is 24.4 Å². The van der Waals surface area contributed by atoms with Crippen LogP contribution in [0.2, 0.25) is 0 Å². The average molecular weight is 399 g/mol. The van der Waals surface area contributed by atoms with E-state index in [0.29, 0.717) is 0 Å². The molecule has 27 heavy (non-hydrogen) atoms. The number of nitrogens with one attached hydrogen (secondary N) is 2. The van der Waals surface area contributed by atoms with E-state index in [9.17, 15) is 35.4 Å². The summed E-state index contributed by atoms with van der Waals surface area (Å²) < 4.78 is 15.3. The van der Waals surface area contributed by atoms with E-state index in [2.05, 4.69) is 11.0 Å². The van der Waals surface area contributed by atoms with E-state index in [-0.39, 0.29) is 0 Å². The van der Waals surface area contributed by atoms with Crippen LogP contribution >= 0.6 is 0 Å². The maximum atomic E-state index is 11.1. The summed E-state index contributed by atoms with van der Waals surface area (Å²) >= 11 is 0. The lowest BCUT2D eigenvalue weighted by molar-refractivity contribution is -0.306. The standard InChI is InChI=1S/C13H25N3O11/c14-16-15-5-3(6(18)4(1-17)26-12(5)24)2-25-13-9(21)7(19)8(20)10(27-13)11(22)23/h3-10,12-13,15-21,24H,1-2,14H2,(H,22,23). The third kappa shape index (κ3) is 4.70. The number of carboxylic acids is 1. The van der Waals surface area contributed by atoms with Crippen LogP contribution in [-0.2, 0) is 19.0 Å². The van der Waals surface area contributed by atoms with Crippen molar-refractivity contribution in [3.8, 4) is 0 Å². The number of carboxylic acid groups (broad SMARTS) is 1. The van der Waals surface area contributed by atoms with E-state index in [1.165, 1.54) is 0 Å². The Labute approximate surface area is 153 Å². The summed E-state index contributed by atoms with van der Waals surface area (Å²) in [6.45, 7) is -1.03. The summed E-state index contributed by atoms with van der Waals surface area (Å²) in [7, 11) is 0. The highest BCUT2D eigenvalue weighted by atomic mass is 16.7. The van der Waals surface area contributed by atoms with Crippen molar-refractivity contribution < 1.29 is 54.8 Å². The van der Waals surface area contributed by atoms with Gasteiger partial charge < -0.3 is 50.0 Å². The first-order valence-electron chi connectivity index (χ1n) is 8.10. The number of nitrogens with two attached hydrogens (primary N) is 1. The van der Waals surface area contributed by atoms with Crippen LogP contribution in [0.3, 0.4) is 0 Å². The van der Waals surface area contributed by atoms with E-state index in [4.69, 9.17) is 25.2 Å². The summed E-state index contributed by atoms with van der Waals surface area (Å²) in [5.41, 5.74) is 4.53. The number of ether oxygens (including phenoxy) is 3. The van der Waals surface area contributed by atoms with Crippen molar-refractivity contribution in [2.45, 2.75) is 55.2 Å². The second-order valence-electron chi connectivity index (χ2n) is 6.28. The topological polar surface area (TPSA) is 236 Å². The van der Waals surface area contributed by atoms with Crippen LogP contribution < -0.4 is 16.8 Å². The van der Waals surface area contributed by atoms with E-state index in [0.717, 1.165) is 0 Å². The highest BCUT2D eigenvalue weighted by Gasteiger charge is 2.49. The molecule has 11 N–H and O–H groups in total. The largest absolute Gasteiger partial charge is 0.479 e. The fraction of sp³-hybridized carbons (Fsp3) is 0.923. The minimum absolute atomic E-state index is 0.422. The van der Waals surface area contributed by atoms with Crippen LogP contribution in [0.15, 0.2) is 0 Å². The Morgan fingerprint density at radius 3 is 2.26 bits per heavy atom. The molecule has 158 valence electrons. The molecule has 14 nitrogen and oxygen atoms in total. The van der Waals surface area contributed by atoms with Crippen molar-refractivity contribution in [3.05, 3.63) is 0 Å². The van der Waals surface area contributed by atoms with Crippen molar-refractivity contribution in [3.63, 3.8) is 0 Å². The normalized spacial score (nSPS) is 45.6. The van der Waals surface area contributed by atoms with Gasteiger partial charge in [0.05, 0.1) is 25.4 Å². The monoisotopic (exact) mass is 399 g/mol. The first-order valence-corrected chi connectivity index (χ1v) is 8.10. The van der Waals surface area contributed by atoms with Crippen molar-refractivity contribution >= 4 is 5.97 Å². The predicted octanol–water partition coefficient (Wildman–Crippen LogP) is -6.08. The summed E-state index contributed by atoms with van der Waals surface area (Å²) in [6.07, 6.45) is -12.9. The molecule has 2 aliphatic heterocycles. The van der Waals surface area contributed by atoms with Crippen LogP contribution in [0.1, 0.15) is 0 Å². The molecular formula is C13H25N3O11. The van der Waals surface area contributed by atoms with Gasteiger partial charge in [0, 0.05) is 5.92 Å². The summed E-state index contributed by atoms with van der Waals surface area (Å²) in [4.78, 5) is 11.1. The zero-order chi connectivity index (χ0) is 20.3. The molecule has 0 aliphatic carbocycles. The highest BCUT2D eigenvalue weighted by Crippen LogP contribution is 2.28. The number of aliphatic hydroxyl groups excluding tert-OH is 6. The SMILES string of the molecule is NNNC1C(O)OC(CO)C(O)C1COC1OC(C(=O)O)C(O)C(O)C1O. The molecule has 0 aromatic carbocycles. The number of aliphatic carboxylic acids is 1. The van der Waals surface area contributed by atoms with E-state index in [1.807, 2.05) is 0 Å². The lowest BCUT2D eigenvalue weighted by atomic mass is 9.88. The molecule has 0 radical (unpaired) electrons. The molecular weight excluding hydrogens is 374 g/mol. The van der Waals surface area contributed by atoms with Gasteiger partial charge in [-0.15, -0.1) is 0 Å². The Morgan fingerprint density at radius 2 is 1.70 bits per heavy atom. The Kier molecular flexibility index (Phi) is 7.81. The lowest BCUT2D eigenvalue weighted by Crippen LogP contribution is -2.65. The van der Waals surface area contributed by atoms with Crippen LogP contribution in [0.25, 0.3) is 0 Å². The van der Waals surface area contributed by atoms with Crippen LogP contribution in [0.5, 0.6) is 0 Å². The first-order chi connectivity index (χ1) is 12.7. The first kappa shape index (κ1) is 22.3. The summed E-state index contributed by atoms with van der Waals surface area (Å²) in [5.74, 6) is 2.62. The second-order valence-corrected chi connectivity index (χ2v) is 6.28. The Bertz CT molecular complexity index is 500. The van der Waals surface area contributed by atoms with E-state index >= 15 is 0 Å². The predicted molar refractivity (Wildman–Crippen MR) is 82.0 cm³/mol. The van der Waals surface area contributed by atoms with E-state index < -0.39 is 80.3 Å². The van der Waals surface area contributed by atoms with Crippen LogP contribution in [0, 0.1) is 5.92 Å². The molecule has 14 heteroatoms. The smallest absolute Gasteiger partial charge is 0.335 e. The number of hydrazine groups is 2. The molecule has 0 aromatic rings. The number of rotatable bonds is 7. The Balaban J connectivity index is 2.09. The van der Waals surface area contributed by atoms with Crippen molar-refractivity contribution in [2.24, 2.45) is 11.8 Å². The summed E-state index contributed by atoms with van der Waals surface area (Å²) in [6, 6.07) is -1.01. The van der Waals surface area contributed by atoms with Crippen LogP contribution in [0.4, 0.5) is 0 Å². The number of aliphatic hydroxyl groups is 6. The molecule has 10 atom stereocenters. The van der Waals surface area contributed by atoms with Gasteiger partial charge in [-0.3, -0.25) is 5.84 Å². The number of carbonyl (C=O) groups is 1. The van der Waals surface area contributed by atoms with Gasteiger partial charge in [0.15, 0.2) is 18.7 Å². The van der Waals surface area contributed by atoms with Gasteiger partial charge in [-0.2, -0.15) is 5.53 Å². The quantitative estimate of drug-likeness (QED) is 0.142. The lowest BCUT2D eigenvalue weighted by Gasteiger charge is -2.44.